The smallest absolute Gasteiger partial charge is 0.151 e. The van der Waals surface area contributed by atoms with Crippen molar-refractivity contribution in [2.45, 2.75) is 0 Å². The molecule has 0 spiro atoms. The summed E-state index contributed by atoms with van der Waals surface area (Å²) in [7, 11) is 0. The molecule has 11 heavy (non-hydrogen) atoms. The molecule has 1 nitrogen and oxygen atoms in total. The first-order valence-electron chi connectivity index (χ1n) is 3.00. The molecule has 0 aliphatic heterocycles. The van der Waals surface area contributed by atoms with Gasteiger partial charge in [-0.25, -0.2) is 0 Å². The van der Waals surface area contributed by atoms with Crippen LogP contribution in [0, 0.1) is 12.3 Å². The highest BCUT2D eigenvalue weighted by molar-refractivity contribution is 6.32. The molecular formula is C9H5ClO. The molecule has 0 aliphatic rings. The second-order valence-corrected chi connectivity index (χ2v) is 2.37. The minimum absolute atomic E-state index is 0.442. The van der Waals surface area contributed by atoms with Crippen LogP contribution in [0.2, 0.25) is 5.02 Å². The summed E-state index contributed by atoms with van der Waals surface area (Å²) in [6.45, 7) is 0. The van der Waals surface area contributed by atoms with Gasteiger partial charge in [0.15, 0.2) is 6.29 Å². The summed E-state index contributed by atoms with van der Waals surface area (Å²) in [6, 6.07) is 4.98. The van der Waals surface area contributed by atoms with Gasteiger partial charge in [0.05, 0.1) is 10.6 Å². The van der Waals surface area contributed by atoms with E-state index < -0.39 is 0 Å². The molecule has 0 aliphatic carbocycles. The SMILES string of the molecule is C#Cc1c(Cl)cccc1C=O. The maximum absolute atomic E-state index is 10.4. The Morgan fingerprint density at radius 1 is 1.55 bits per heavy atom. The minimum Gasteiger partial charge on any atom is -0.298 e. The summed E-state index contributed by atoms with van der Waals surface area (Å²) >= 11 is 5.71. The molecule has 0 N–H and O–H groups in total. The lowest BCUT2D eigenvalue weighted by atomic mass is 10.1. The molecule has 0 fully saturated rings. The van der Waals surface area contributed by atoms with Gasteiger partial charge in [-0.15, -0.1) is 6.42 Å². The Labute approximate surface area is 70.0 Å². The van der Waals surface area contributed by atoms with Crippen LogP contribution in [0.15, 0.2) is 18.2 Å². The molecule has 0 amide bonds. The van der Waals surface area contributed by atoms with Crippen molar-refractivity contribution in [3.63, 3.8) is 0 Å². The van der Waals surface area contributed by atoms with E-state index in [0.29, 0.717) is 22.4 Å². The zero-order chi connectivity index (χ0) is 8.27. The molecule has 1 rings (SSSR count). The Morgan fingerprint density at radius 3 is 2.73 bits per heavy atom. The van der Waals surface area contributed by atoms with Gasteiger partial charge in [-0.3, -0.25) is 4.79 Å². The fourth-order valence-electron chi connectivity index (χ4n) is 0.791. The summed E-state index contributed by atoms with van der Waals surface area (Å²) in [5.74, 6) is 2.35. The van der Waals surface area contributed by atoms with E-state index in [4.69, 9.17) is 18.0 Å². The summed E-state index contributed by atoms with van der Waals surface area (Å²) < 4.78 is 0. The van der Waals surface area contributed by atoms with Crippen molar-refractivity contribution < 1.29 is 4.79 Å². The number of rotatable bonds is 1. The number of benzene rings is 1. The fourth-order valence-corrected chi connectivity index (χ4v) is 1.03. The standard InChI is InChI=1S/C9H5ClO/c1-2-8-7(6-11)4-3-5-9(8)10/h1,3-6H. The van der Waals surface area contributed by atoms with Crippen LogP contribution in [0.25, 0.3) is 0 Å². The molecule has 0 saturated carbocycles. The zero-order valence-corrected chi connectivity index (χ0v) is 6.43. The highest BCUT2D eigenvalue weighted by Gasteiger charge is 2.01. The molecule has 1 aromatic rings. The average molecular weight is 165 g/mol. The summed E-state index contributed by atoms with van der Waals surface area (Å²) in [5, 5.41) is 0.442. The molecule has 54 valence electrons. The Morgan fingerprint density at radius 2 is 2.27 bits per heavy atom. The van der Waals surface area contributed by atoms with Gasteiger partial charge in [-0.1, -0.05) is 29.7 Å². The molecule has 2 heteroatoms. The van der Waals surface area contributed by atoms with E-state index in [0.717, 1.165) is 0 Å². The van der Waals surface area contributed by atoms with Gasteiger partial charge in [0, 0.05) is 5.56 Å². The van der Waals surface area contributed by atoms with E-state index >= 15 is 0 Å². The molecule has 0 radical (unpaired) electrons. The number of terminal acetylenes is 1. The quantitative estimate of drug-likeness (QED) is 0.459. The topological polar surface area (TPSA) is 17.1 Å². The first-order chi connectivity index (χ1) is 5.29. The van der Waals surface area contributed by atoms with Gasteiger partial charge in [-0.05, 0) is 6.07 Å². The highest BCUT2D eigenvalue weighted by Crippen LogP contribution is 2.16. The van der Waals surface area contributed by atoms with Crippen LogP contribution in [-0.2, 0) is 0 Å². The number of hydrogen-bond acceptors (Lipinski definition) is 1. The summed E-state index contributed by atoms with van der Waals surface area (Å²) in [6.07, 6.45) is 5.83. The Kier molecular flexibility index (Phi) is 2.30. The number of hydrogen-bond donors (Lipinski definition) is 0. The third-order valence-electron chi connectivity index (χ3n) is 1.32. The Hall–Kier alpha value is -1.26. The van der Waals surface area contributed by atoms with Crippen molar-refractivity contribution in [1.82, 2.24) is 0 Å². The van der Waals surface area contributed by atoms with Crippen LogP contribution in [-0.4, -0.2) is 6.29 Å². The van der Waals surface area contributed by atoms with Crippen molar-refractivity contribution in [3.05, 3.63) is 34.3 Å². The van der Waals surface area contributed by atoms with Gasteiger partial charge < -0.3 is 0 Å². The third-order valence-corrected chi connectivity index (χ3v) is 1.63. The van der Waals surface area contributed by atoms with Crippen LogP contribution < -0.4 is 0 Å². The lowest BCUT2D eigenvalue weighted by molar-refractivity contribution is 0.112. The van der Waals surface area contributed by atoms with E-state index in [1.165, 1.54) is 0 Å². The molecule has 0 heterocycles. The van der Waals surface area contributed by atoms with Crippen molar-refractivity contribution in [3.8, 4) is 12.3 Å². The monoisotopic (exact) mass is 164 g/mol. The predicted molar refractivity (Wildman–Crippen MR) is 44.8 cm³/mol. The van der Waals surface area contributed by atoms with E-state index in [1.807, 2.05) is 0 Å². The number of carbonyl (C=O) groups is 1. The average Bonchev–Trinajstić information content (AvgIpc) is 2.04. The molecule has 1 aromatic carbocycles. The van der Waals surface area contributed by atoms with E-state index in [2.05, 4.69) is 5.92 Å². The highest BCUT2D eigenvalue weighted by atomic mass is 35.5. The van der Waals surface area contributed by atoms with Gasteiger partial charge in [0.25, 0.3) is 0 Å². The van der Waals surface area contributed by atoms with Crippen LogP contribution in [0.4, 0.5) is 0 Å². The third kappa shape index (κ3) is 1.42. The largest absolute Gasteiger partial charge is 0.298 e. The Bertz CT molecular complexity index is 323. The van der Waals surface area contributed by atoms with Crippen molar-refractivity contribution in [2.75, 3.05) is 0 Å². The predicted octanol–water partition coefficient (Wildman–Crippen LogP) is 2.13. The fraction of sp³-hybridized carbons (Fsp3) is 0. The zero-order valence-electron chi connectivity index (χ0n) is 5.67. The van der Waals surface area contributed by atoms with Crippen LogP contribution in [0.1, 0.15) is 15.9 Å². The molecule has 0 saturated heterocycles. The number of aldehydes is 1. The minimum atomic E-state index is 0.442. The van der Waals surface area contributed by atoms with E-state index in [1.54, 1.807) is 18.2 Å². The van der Waals surface area contributed by atoms with E-state index in [9.17, 15) is 4.79 Å². The van der Waals surface area contributed by atoms with Crippen LogP contribution in [0.5, 0.6) is 0 Å². The van der Waals surface area contributed by atoms with Crippen molar-refractivity contribution in [1.29, 1.82) is 0 Å². The number of halogens is 1. The second-order valence-electron chi connectivity index (χ2n) is 1.97. The first-order valence-corrected chi connectivity index (χ1v) is 3.37. The van der Waals surface area contributed by atoms with Gasteiger partial charge in [-0.2, -0.15) is 0 Å². The molecular weight excluding hydrogens is 160 g/mol. The van der Waals surface area contributed by atoms with Crippen LogP contribution in [0.3, 0.4) is 0 Å². The second kappa shape index (κ2) is 3.23. The lowest BCUT2D eigenvalue weighted by Crippen LogP contribution is -1.86. The van der Waals surface area contributed by atoms with Gasteiger partial charge in [0.1, 0.15) is 0 Å². The number of carbonyl (C=O) groups excluding carboxylic acids is 1. The van der Waals surface area contributed by atoms with E-state index in [-0.39, 0.29) is 0 Å². The molecule has 0 bridgehead atoms. The van der Waals surface area contributed by atoms with Crippen molar-refractivity contribution >= 4 is 17.9 Å². The first kappa shape index (κ1) is 7.84. The molecule has 0 aromatic heterocycles. The maximum atomic E-state index is 10.4. The van der Waals surface area contributed by atoms with Crippen molar-refractivity contribution in [2.24, 2.45) is 0 Å². The van der Waals surface area contributed by atoms with Gasteiger partial charge >= 0.3 is 0 Å². The molecule has 0 unspecified atom stereocenters. The lowest BCUT2D eigenvalue weighted by Gasteiger charge is -1.97. The summed E-state index contributed by atoms with van der Waals surface area (Å²) in [5.41, 5.74) is 0.921. The Balaban J connectivity index is 3.38. The summed E-state index contributed by atoms with van der Waals surface area (Å²) in [4.78, 5) is 10.4. The molecule has 0 atom stereocenters. The van der Waals surface area contributed by atoms with Crippen LogP contribution >= 0.6 is 11.6 Å². The van der Waals surface area contributed by atoms with Gasteiger partial charge in [0.2, 0.25) is 0 Å². The normalized spacial score (nSPS) is 8.73. The maximum Gasteiger partial charge on any atom is 0.151 e.